The SMILES string of the molecule is Cc1cc(C(C)(C)C)ccc1N(c1ccc(C2C(O)C(c3ccc(N(c4ccc(C(C)(C)C)cc4C)c4ccc(C(C)(C)C)cc4C)cc3O)C2O)c(O)c1)c1ccc(C(C)(C)C)cc1C. The number of phenols is 2. The molecule has 0 unspecified atom stereocenters. The Kier molecular flexibility index (Phi) is 12.7. The van der Waals surface area contributed by atoms with Gasteiger partial charge in [0.25, 0.3) is 0 Å². The summed E-state index contributed by atoms with van der Waals surface area (Å²) >= 11 is 0. The van der Waals surface area contributed by atoms with Crippen molar-refractivity contribution in [2.45, 2.75) is 156 Å². The Morgan fingerprint density at radius 3 is 0.788 bits per heavy atom. The van der Waals surface area contributed by atoms with Crippen molar-refractivity contribution in [3.8, 4) is 11.5 Å². The number of aromatic hydroxyl groups is 2. The van der Waals surface area contributed by atoms with Crippen LogP contribution in [0.25, 0.3) is 0 Å². The fourth-order valence-corrected chi connectivity index (χ4v) is 9.65. The van der Waals surface area contributed by atoms with Crippen molar-refractivity contribution in [1.82, 2.24) is 0 Å². The topological polar surface area (TPSA) is 87.4 Å². The number of hydrogen-bond donors (Lipinski definition) is 4. The highest BCUT2D eigenvalue weighted by atomic mass is 16.3. The molecule has 0 aromatic heterocycles. The summed E-state index contributed by atoms with van der Waals surface area (Å²) in [6, 6.07) is 37.4. The van der Waals surface area contributed by atoms with Crippen molar-refractivity contribution in [3.63, 3.8) is 0 Å². The van der Waals surface area contributed by atoms with E-state index in [-0.39, 0.29) is 33.2 Å². The highest BCUT2D eigenvalue weighted by Gasteiger charge is 2.52. The van der Waals surface area contributed by atoms with Crippen molar-refractivity contribution < 1.29 is 20.4 Å². The molecule has 348 valence electrons. The molecule has 0 aliphatic heterocycles. The maximum absolute atomic E-state index is 11.9. The van der Waals surface area contributed by atoms with Gasteiger partial charge in [0.05, 0.1) is 12.2 Å². The summed E-state index contributed by atoms with van der Waals surface area (Å²) in [5.41, 5.74) is 15.7. The first-order chi connectivity index (χ1) is 30.6. The van der Waals surface area contributed by atoms with Crippen LogP contribution < -0.4 is 9.80 Å². The molecule has 1 aliphatic carbocycles. The Morgan fingerprint density at radius 2 is 0.591 bits per heavy atom. The van der Waals surface area contributed by atoms with Crippen LogP contribution in [0.3, 0.4) is 0 Å². The van der Waals surface area contributed by atoms with Crippen molar-refractivity contribution in [1.29, 1.82) is 0 Å². The summed E-state index contributed by atoms with van der Waals surface area (Å²) in [5.74, 6) is -1.55. The maximum Gasteiger partial charge on any atom is 0.121 e. The number of aryl methyl sites for hydroxylation is 4. The number of aliphatic hydroxyl groups is 2. The second-order valence-electron chi connectivity index (χ2n) is 23.2. The predicted octanol–water partition coefficient (Wildman–Crippen LogP) is 15.1. The molecule has 1 fully saturated rings. The van der Waals surface area contributed by atoms with E-state index in [1.54, 1.807) is 12.1 Å². The molecular formula is C60H74N2O4. The molecule has 0 saturated heterocycles. The molecule has 0 spiro atoms. The summed E-state index contributed by atoms with van der Waals surface area (Å²) in [6.45, 7) is 35.1. The van der Waals surface area contributed by atoms with E-state index in [0.29, 0.717) is 11.1 Å². The number of anilines is 6. The van der Waals surface area contributed by atoms with Crippen LogP contribution in [-0.2, 0) is 21.7 Å². The minimum Gasteiger partial charge on any atom is -0.508 e. The Labute approximate surface area is 395 Å². The van der Waals surface area contributed by atoms with E-state index in [9.17, 15) is 20.4 Å². The number of hydrogen-bond acceptors (Lipinski definition) is 6. The summed E-state index contributed by atoms with van der Waals surface area (Å²) in [7, 11) is 0. The molecule has 0 amide bonds. The molecule has 0 radical (unpaired) electrons. The van der Waals surface area contributed by atoms with E-state index in [2.05, 4.69) is 193 Å². The van der Waals surface area contributed by atoms with Crippen LogP contribution in [0.1, 0.15) is 151 Å². The predicted molar refractivity (Wildman–Crippen MR) is 277 cm³/mol. The van der Waals surface area contributed by atoms with Gasteiger partial charge in [-0.25, -0.2) is 0 Å². The molecule has 66 heavy (non-hydrogen) atoms. The van der Waals surface area contributed by atoms with Crippen LogP contribution in [0, 0.1) is 27.7 Å². The zero-order valence-corrected chi connectivity index (χ0v) is 42.4. The highest BCUT2D eigenvalue weighted by Crippen LogP contribution is 2.54. The lowest BCUT2D eigenvalue weighted by molar-refractivity contribution is -0.0797. The van der Waals surface area contributed by atoms with E-state index in [4.69, 9.17) is 0 Å². The number of nitrogens with zero attached hydrogens (tertiary/aromatic N) is 2. The van der Waals surface area contributed by atoms with Gasteiger partial charge in [-0.2, -0.15) is 0 Å². The molecule has 0 bridgehead atoms. The van der Waals surface area contributed by atoms with Gasteiger partial charge in [0, 0.05) is 69.2 Å². The smallest absolute Gasteiger partial charge is 0.121 e. The van der Waals surface area contributed by atoms with E-state index < -0.39 is 24.0 Å². The molecule has 6 nitrogen and oxygen atoms in total. The molecule has 1 saturated carbocycles. The molecule has 0 atom stereocenters. The molecule has 6 heteroatoms. The minimum absolute atomic E-state index is 0.0112. The lowest BCUT2D eigenvalue weighted by atomic mass is 9.63. The molecule has 4 N–H and O–H groups in total. The first-order valence-corrected chi connectivity index (χ1v) is 23.6. The molecule has 6 aromatic rings. The van der Waals surface area contributed by atoms with Gasteiger partial charge < -0.3 is 30.2 Å². The van der Waals surface area contributed by atoms with Crippen LogP contribution in [0.2, 0.25) is 0 Å². The lowest BCUT2D eigenvalue weighted by Crippen LogP contribution is -2.51. The summed E-state index contributed by atoms with van der Waals surface area (Å²) in [6.07, 6.45) is -2.11. The van der Waals surface area contributed by atoms with E-state index in [1.807, 2.05) is 24.3 Å². The molecule has 7 rings (SSSR count). The average Bonchev–Trinajstić information content (AvgIpc) is 3.20. The summed E-state index contributed by atoms with van der Waals surface area (Å²) in [5, 5.41) is 47.4. The van der Waals surface area contributed by atoms with Crippen molar-refractivity contribution in [3.05, 3.63) is 165 Å². The summed E-state index contributed by atoms with van der Waals surface area (Å²) in [4.78, 5) is 4.38. The zero-order chi connectivity index (χ0) is 48.6. The Hall–Kier alpha value is -5.56. The van der Waals surface area contributed by atoms with Gasteiger partial charge in [-0.3, -0.25) is 0 Å². The third kappa shape index (κ3) is 9.24. The van der Waals surface area contributed by atoms with E-state index >= 15 is 0 Å². The second kappa shape index (κ2) is 17.3. The fraction of sp³-hybridized carbons (Fsp3) is 0.400. The fourth-order valence-electron chi connectivity index (χ4n) is 9.65. The molecule has 1 aliphatic rings. The zero-order valence-electron chi connectivity index (χ0n) is 42.4. The van der Waals surface area contributed by atoms with Gasteiger partial charge in [-0.15, -0.1) is 0 Å². The van der Waals surface area contributed by atoms with Crippen LogP contribution in [-0.4, -0.2) is 32.6 Å². The van der Waals surface area contributed by atoms with Crippen molar-refractivity contribution >= 4 is 34.1 Å². The third-order valence-corrected chi connectivity index (χ3v) is 13.9. The van der Waals surface area contributed by atoms with Gasteiger partial charge in [0.1, 0.15) is 11.5 Å². The Morgan fingerprint density at radius 1 is 0.348 bits per heavy atom. The normalized spacial score (nSPS) is 18.0. The van der Waals surface area contributed by atoms with Crippen molar-refractivity contribution in [2.24, 2.45) is 0 Å². The maximum atomic E-state index is 11.9. The van der Waals surface area contributed by atoms with Crippen LogP contribution in [0.4, 0.5) is 34.1 Å². The standard InChI is InChI=1S/C60H74N2O4/c1-35-29-39(57(5,6)7)17-25-47(35)61(48-26-18-40(30-36(48)2)58(8,9)10)43-21-23-45(51(63)33-43)53-55(65)54(56(53)66)46-24-22-44(34-52(46)64)62(49-27-19-41(31-37(49)3)59(11,12)13)50-28-20-42(32-38(50)4)60(14,15)16/h17-34,53-56,63-66H,1-16H3. The van der Waals surface area contributed by atoms with Gasteiger partial charge in [-0.1, -0.05) is 144 Å². The largest absolute Gasteiger partial charge is 0.508 e. The van der Waals surface area contributed by atoms with Crippen LogP contribution in [0.5, 0.6) is 11.5 Å². The Balaban J connectivity index is 1.23. The van der Waals surface area contributed by atoms with Gasteiger partial charge in [-0.05, 0) is 130 Å². The number of benzene rings is 6. The third-order valence-electron chi connectivity index (χ3n) is 13.9. The van der Waals surface area contributed by atoms with Gasteiger partial charge >= 0.3 is 0 Å². The highest BCUT2D eigenvalue weighted by molar-refractivity contribution is 5.83. The first-order valence-electron chi connectivity index (χ1n) is 23.6. The number of aliphatic hydroxyl groups excluding tert-OH is 2. The second-order valence-corrected chi connectivity index (χ2v) is 23.2. The molecular weight excluding hydrogens is 813 g/mol. The number of rotatable bonds is 8. The molecule has 6 aromatic carbocycles. The van der Waals surface area contributed by atoms with Gasteiger partial charge in [0.15, 0.2) is 0 Å². The van der Waals surface area contributed by atoms with E-state index in [0.717, 1.165) is 56.4 Å². The van der Waals surface area contributed by atoms with Crippen molar-refractivity contribution in [2.75, 3.05) is 9.80 Å². The van der Waals surface area contributed by atoms with Crippen LogP contribution in [0.15, 0.2) is 109 Å². The molecule has 0 heterocycles. The number of phenolic OH excluding ortho intramolecular Hbond substituents is 2. The minimum atomic E-state index is -1.06. The average molecular weight is 887 g/mol. The lowest BCUT2D eigenvalue weighted by Gasteiger charge is -2.47. The summed E-state index contributed by atoms with van der Waals surface area (Å²) < 4.78 is 0. The quantitative estimate of drug-likeness (QED) is 0.122. The van der Waals surface area contributed by atoms with Crippen LogP contribution >= 0.6 is 0 Å². The van der Waals surface area contributed by atoms with E-state index in [1.165, 1.54) is 22.3 Å². The Bertz CT molecular complexity index is 2450. The first kappa shape index (κ1) is 48.4. The monoisotopic (exact) mass is 887 g/mol. The van der Waals surface area contributed by atoms with Gasteiger partial charge in [0.2, 0.25) is 0 Å².